The van der Waals surface area contributed by atoms with Crippen LogP contribution in [0.2, 0.25) is 0 Å². The summed E-state index contributed by atoms with van der Waals surface area (Å²) in [5.41, 5.74) is -0.376. The lowest BCUT2D eigenvalue weighted by atomic mass is 9.55. The first-order chi connectivity index (χ1) is 9.99. The molecule has 0 spiro atoms. The predicted octanol–water partition coefficient (Wildman–Crippen LogP) is 4.06. The molecular weight excluding hydrogens is 280 g/mol. The van der Waals surface area contributed by atoms with Crippen molar-refractivity contribution in [1.29, 1.82) is 0 Å². The Hall–Kier alpha value is -0.610. The van der Waals surface area contributed by atoms with Gasteiger partial charge in [-0.05, 0) is 41.9 Å². The van der Waals surface area contributed by atoms with Crippen LogP contribution in [0.15, 0.2) is 0 Å². The number of aliphatic hydroxyl groups is 1. The molecule has 0 radical (unpaired) electrons. The quantitative estimate of drug-likeness (QED) is 0.695. The molecule has 0 aromatic heterocycles. The van der Waals surface area contributed by atoms with Crippen molar-refractivity contribution < 1.29 is 19.7 Å². The third-order valence-corrected chi connectivity index (χ3v) is 5.04. The zero-order chi connectivity index (χ0) is 17.1. The number of carbonyl (C=O) groups is 1. The molecule has 2 N–H and O–H groups in total. The van der Waals surface area contributed by atoms with E-state index < -0.39 is 12.3 Å². The number of carboxylic acids is 1. The lowest BCUT2D eigenvalue weighted by Crippen LogP contribution is -2.51. The zero-order valence-electron chi connectivity index (χ0n) is 15.1. The van der Waals surface area contributed by atoms with Crippen LogP contribution in [0.4, 0.5) is 0 Å². The molecule has 0 aromatic carbocycles. The number of hydrogen-bond donors (Lipinski definition) is 2. The van der Waals surface area contributed by atoms with Crippen molar-refractivity contribution in [2.75, 3.05) is 0 Å². The number of carboxylic acid groups (broad SMARTS) is 1. The Bertz CT molecular complexity index is 375. The Morgan fingerprint density at radius 3 is 2.50 bits per heavy atom. The van der Waals surface area contributed by atoms with Gasteiger partial charge in [-0.2, -0.15) is 0 Å². The van der Waals surface area contributed by atoms with E-state index in [1.165, 1.54) is 0 Å². The van der Waals surface area contributed by atoms with E-state index in [1.54, 1.807) is 0 Å². The molecule has 0 aliphatic heterocycles. The number of ether oxygens (including phenoxy) is 1. The van der Waals surface area contributed by atoms with E-state index >= 15 is 0 Å². The van der Waals surface area contributed by atoms with E-state index in [4.69, 9.17) is 4.74 Å². The van der Waals surface area contributed by atoms with Gasteiger partial charge in [0.2, 0.25) is 0 Å². The van der Waals surface area contributed by atoms with E-state index in [0.29, 0.717) is 12.3 Å². The molecule has 1 aliphatic rings. The first-order valence-electron chi connectivity index (χ1n) is 8.55. The molecule has 1 saturated carbocycles. The van der Waals surface area contributed by atoms with Crippen molar-refractivity contribution in [3.05, 3.63) is 0 Å². The maximum Gasteiger partial charge on any atom is 0.303 e. The van der Waals surface area contributed by atoms with E-state index in [0.717, 1.165) is 19.3 Å². The molecule has 1 fully saturated rings. The van der Waals surface area contributed by atoms with Crippen LogP contribution in [0.5, 0.6) is 0 Å². The normalized spacial score (nSPS) is 30.0. The molecule has 0 heterocycles. The fourth-order valence-electron chi connectivity index (χ4n) is 4.86. The fraction of sp³-hybridized carbons (Fsp3) is 0.944. The number of aliphatic carboxylic acids is 1. The summed E-state index contributed by atoms with van der Waals surface area (Å²) in [5.74, 6) is -0.142. The average Bonchev–Trinajstić information content (AvgIpc) is 2.23. The van der Waals surface area contributed by atoms with Gasteiger partial charge in [0.25, 0.3) is 0 Å². The molecule has 130 valence electrons. The summed E-state index contributed by atoms with van der Waals surface area (Å²) in [5, 5.41) is 19.3. The summed E-state index contributed by atoms with van der Waals surface area (Å²) in [6.45, 7) is 12.7. The average molecular weight is 314 g/mol. The molecule has 0 aromatic rings. The van der Waals surface area contributed by atoms with Crippen molar-refractivity contribution in [1.82, 2.24) is 0 Å². The number of rotatable bonds is 7. The SMILES string of the molecule is CCCC(O)OC1CC(C)CC(C)(C)C1C(C)(C)CC(=O)O. The maximum atomic E-state index is 11.3. The third-order valence-electron chi connectivity index (χ3n) is 5.04. The summed E-state index contributed by atoms with van der Waals surface area (Å²) in [6.07, 6.45) is 2.73. The molecule has 4 atom stereocenters. The Kier molecular flexibility index (Phi) is 6.46. The van der Waals surface area contributed by atoms with Gasteiger partial charge in [0, 0.05) is 0 Å². The van der Waals surface area contributed by atoms with Crippen LogP contribution >= 0.6 is 0 Å². The van der Waals surface area contributed by atoms with Gasteiger partial charge in [0.05, 0.1) is 12.5 Å². The van der Waals surface area contributed by atoms with Crippen molar-refractivity contribution in [2.24, 2.45) is 22.7 Å². The van der Waals surface area contributed by atoms with Gasteiger partial charge in [-0.1, -0.05) is 48.0 Å². The fourth-order valence-corrected chi connectivity index (χ4v) is 4.86. The number of hydrogen-bond acceptors (Lipinski definition) is 3. The Morgan fingerprint density at radius 1 is 1.41 bits per heavy atom. The summed E-state index contributed by atoms with van der Waals surface area (Å²) in [4.78, 5) is 11.3. The molecular formula is C18H34O4. The molecule has 4 unspecified atom stereocenters. The topological polar surface area (TPSA) is 66.8 Å². The summed E-state index contributed by atoms with van der Waals surface area (Å²) < 4.78 is 5.98. The first-order valence-corrected chi connectivity index (χ1v) is 8.55. The highest BCUT2D eigenvalue weighted by Crippen LogP contribution is 2.53. The van der Waals surface area contributed by atoms with E-state index in [-0.39, 0.29) is 29.3 Å². The predicted molar refractivity (Wildman–Crippen MR) is 87.5 cm³/mol. The van der Waals surface area contributed by atoms with Crippen molar-refractivity contribution in [3.63, 3.8) is 0 Å². The monoisotopic (exact) mass is 314 g/mol. The molecule has 22 heavy (non-hydrogen) atoms. The minimum absolute atomic E-state index is 0.00673. The summed E-state index contributed by atoms with van der Waals surface area (Å²) >= 11 is 0. The Morgan fingerprint density at radius 2 is 2.00 bits per heavy atom. The molecule has 4 nitrogen and oxygen atoms in total. The van der Waals surface area contributed by atoms with Crippen LogP contribution in [0, 0.1) is 22.7 Å². The minimum atomic E-state index is -0.771. The van der Waals surface area contributed by atoms with Crippen LogP contribution in [-0.4, -0.2) is 28.6 Å². The van der Waals surface area contributed by atoms with Crippen LogP contribution in [0.25, 0.3) is 0 Å². The largest absolute Gasteiger partial charge is 0.481 e. The second kappa shape index (κ2) is 7.31. The van der Waals surface area contributed by atoms with E-state index in [9.17, 15) is 15.0 Å². The van der Waals surface area contributed by atoms with Crippen LogP contribution in [0.1, 0.15) is 73.6 Å². The summed E-state index contributed by atoms with van der Waals surface area (Å²) in [6, 6.07) is 0. The van der Waals surface area contributed by atoms with Crippen LogP contribution < -0.4 is 0 Å². The van der Waals surface area contributed by atoms with E-state index in [2.05, 4.69) is 20.8 Å². The van der Waals surface area contributed by atoms with Gasteiger partial charge in [-0.3, -0.25) is 4.79 Å². The van der Waals surface area contributed by atoms with Gasteiger partial charge >= 0.3 is 5.97 Å². The molecule has 0 amide bonds. The minimum Gasteiger partial charge on any atom is -0.481 e. The van der Waals surface area contributed by atoms with Gasteiger partial charge in [0.1, 0.15) is 0 Å². The Balaban J connectivity index is 3.04. The highest BCUT2D eigenvalue weighted by atomic mass is 16.6. The second-order valence-corrected chi connectivity index (χ2v) is 8.49. The molecule has 4 heteroatoms. The third kappa shape index (κ3) is 4.95. The van der Waals surface area contributed by atoms with Gasteiger partial charge in [-0.25, -0.2) is 0 Å². The smallest absolute Gasteiger partial charge is 0.303 e. The molecule has 1 aliphatic carbocycles. The lowest BCUT2D eigenvalue weighted by molar-refractivity contribution is -0.204. The number of aliphatic hydroxyl groups excluding tert-OH is 1. The van der Waals surface area contributed by atoms with Crippen LogP contribution in [-0.2, 0) is 9.53 Å². The van der Waals surface area contributed by atoms with Crippen molar-refractivity contribution in [3.8, 4) is 0 Å². The summed E-state index contributed by atoms with van der Waals surface area (Å²) in [7, 11) is 0. The highest BCUT2D eigenvalue weighted by molar-refractivity contribution is 5.67. The molecule has 0 bridgehead atoms. The lowest BCUT2D eigenvalue weighted by Gasteiger charge is -2.53. The van der Waals surface area contributed by atoms with E-state index in [1.807, 2.05) is 20.8 Å². The Labute approximate surface area is 135 Å². The van der Waals surface area contributed by atoms with Crippen molar-refractivity contribution in [2.45, 2.75) is 86.0 Å². The standard InChI is InChI=1S/C18H34O4/c1-7-8-15(21)22-13-9-12(2)10-17(3,4)16(13)18(5,6)11-14(19)20/h12-13,15-16,21H,7-11H2,1-6H3,(H,19,20). The van der Waals surface area contributed by atoms with Gasteiger partial charge in [0.15, 0.2) is 6.29 Å². The maximum absolute atomic E-state index is 11.3. The molecule has 0 saturated heterocycles. The zero-order valence-corrected chi connectivity index (χ0v) is 15.1. The highest BCUT2D eigenvalue weighted by Gasteiger charge is 2.50. The molecule has 1 rings (SSSR count). The van der Waals surface area contributed by atoms with Gasteiger partial charge in [-0.15, -0.1) is 0 Å². The van der Waals surface area contributed by atoms with Crippen molar-refractivity contribution >= 4 is 5.97 Å². The van der Waals surface area contributed by atoms with Gasteiger partial charge < -0.3 is 14.9 Å². The first kappa shape index (κ1) is 19.4. The second-order valence-electron chi connectivity index (χ2n) is 8.49. The van der Waals surface area contributed by atoms with Crippen LogP contribution in [0.3, 0.4) is 0 Å².